The van der Waals surface area contributed by atoms with Gasteiger partial charge in [-0.3, -0.25) is 0 Å². The van der Waals surface area contributed by atoms with Crippen molar-refractivity contribution < 1.29 is 0 Å². The molecule has 3 atom stereocenters. The highest BCUT2D eigenvalue weighted by molar-refractivity contribution is 6.72. The Balaban J connectivity index is 1.67. The van der Waals surface area contributed by atoms with E-state index in [0.29, 0.717) is 5.41 Å². The van der Waals surface area contributed by atoms with Crippen LogP contribution >= 0.6 is 0 Å². The van der Waals surface area contributed by atoms with Crippen LogP contribution in [-0.4, -0.2) is 6.71 Å². The minimum absolute atomic E-state index is 0.638. The van der Waals surface area contributed by atoms with E-state index in [0.717, 1.165) is 24.5 Å². The van der Waals surface area contributed by atoms with Gasteiger partial charge in [0.1, 0.15) is 0 Å². The maximum Gasteiger partial charge on any atom is 0.173 e. The van der Waals surface area contributed by atoms with Crippen molar-refractivity contribution in [2.24, 2.45) is 23.2 Å². The molecule has 0 nitrogen and oxygen atoms in total. The molecule has 0 radical (unpaired) electrons. The molecule has 1 aromatic rings. The second kappa shape index (κ2) is 4.44. The lowest BCUT2D eigenvalue weighted by Crippen LogP contribution is -2.53. The summed E-state index contributed by atoms with van der Waals surface area (Å²) in [6, 6.07) is 11.1. The largest absolute Gasteiger partial charge is 0.173 e. The third-order valence-electron chi connectivity index (χ3n) is 6.03. The Kier molecular flexibility index (Phi) is 3.04. The molecule has 1 unspecified atom stereocenters. The summed E-state index contributed by atoms with van der Waals surface area (Å²) in [6.45, 7) is 8.15. The fraction of sp³-hybridized carbons (Fsp3) is 0.647. The molecule has 1 aromatic carbocycles. The quantitative estimate of drug-likeness (QED) is 0.698. The van der Waals surface area contributed by atoms with E-state index in [1.54, 1.807) is 0 Å². The molecule has 0 N–H and O–H groups in total. The van der Waals surface area contributed by atoms with Gasteiger partial charge in [0.15, 0.2) is 6.71 Å². The molecule has 1 heteroatoms. The molecule has 0 heterocycles. The predicted molar refractivity (Wildman–Crippen MR) is 80.6 cm³/mol. The van der Waals surface area contributed by atoms with Crippen LogP contribution in [0.1, 0.15) is 33.1 Å². The van der Waals surface area contributed by atoms with Gasteiger partial charge in [0.25, 0.3) is 0 Å². The lowest BCUT2D eigenvalue weighted by Gasteiger charge is -2.60. The molecule has 4 rings (SSSR count). The van der Waals surface area contributed by atoms with Crippen LogP contribution in [0.15, 0.2) is 30.3 Å². The smallest absolute Gasteiger partial charge is 0.0817 e. The monoisotopic (exact) mass is 240 g/mol. The predicted octanol–water partition coefficient (Wildman–Crippen LogP) is 4.09. The van der Waals surface area contributed by atoms with Crippen LogP contribution in [0, 0.1) is 23.2 Å². The van der Waals surface area contributed by atoms with Gasteiger partial charge in [-0.1, -0.05) is 69.2 Å². The highest BCUT2D eigenvalue weighted by Crippen LogP contribution is 2.62. The van der Waals surface area contributed by atoms with E-state index in [9.17, 15) is 0 Å². The SMILES string of the molecule is CB(CC1CC[C@@H]2C[C@H]1C2(C)C)c1ccccc1. The number of fused-ring (bicyclic) bond motifs is 2. The summed E-state index contributed by atoms with van der Waals surface area (Å²) >= 11 is 0. The summed E-state index contributed by atoms with van der Waals surface area (Å²) < 4.78 is 0. The van der Waals surface area contributed by atoms with Gasteiger partial charge in [0.05, 0.1) is 0 Å². The van der Waals surface area contributed by atoms with Crippen LogP contribution < -0.4 is 5.46 Å². The average molecular weight is 240 g/mol. The van der Waals surface area contributed by atoms with Crippen LogP contribution in [0.2, 0.25) is 13.1 Å². The van der Waals surface area contributed by atoms with Gasteiger partial charge in [-0.15, -0.1) is 0 Å². The van der Waals surface area contributed by atoms with E-state index in [2.05, 4.69) is 51.0 Å². The Morgan fingerprint density at radius 1 is 1.17 bits per heavy atom. The fourth-order valence-corrected chi connectivity index (χ4v) is 4.62. The van der Waals surface area contributed by atoms with Crippen LogP contribution in [0.3, 0.4) is 0 Å². The molecule has 0 saturated heterocycles. The summed E-state index contributed by atoms with van der Waals surface area (Å²) in [5.41, 5.74) is 2.16. The van der Waals surface area contributed by atoms with Crippen LogP contribution in [0.5, 0.6) is 0 Å². The van der Waals surface area contributed by atoms with Gasteiger partial charge < -0.3 is 0 Å². The first-order chi connectivity index (χ1) is 8.59. The highest BCUT2D eigenvalue weighted by atomic mass is 14.6. The van der Waals surface area contributed by atoms with E-state index in [1.165, 1.54) is 31.0 Å². The standard InChI is InChI=1S/C17H25B/c1-17(2)14-10-9-13(16(17)11-14)12-18(3)15-7-5-4-6-8-15/h4-8,13-14,16H,9-12H2,1-3H3/t13?,14-,16-/m1/s1. The summed E-state index contributed by atoms with van der Waals surface area (Å²) in [6.07, 6.45) is 5.87. The molecular formula is C17H25B. The first kappa shape index (κ1) is 12.3. The third kappa shape index (κ3) is 1.92. The van der Waals surface area contributed by atoms with Gasteiger partial charge in [-0.2, -0.15) is 0 Å². The highest BCUT2D eigenvalue weighted by Gasteiger charge is 2.54. The molecule has 0 aromatic heterocycles. The Morgan fingerprint density at radius 2 is 1.89 bits per heavy atom. The molecule has 18 heavy (non-hydrogen) atoms. The molecule has 3 aliphatic carbocycles. The molecule has 0 aliphatic heterocycles. The normalized spacial score (nSPS) is 32.7. The zero-order valence-corrected chi connectivity index (χ0v) is 12.0. The van der Waals surface area contributed by atoms with Gasteiger partial charge >= 0.3 is 0 Å². The fourth-order valence-electron chi connectivity index (χ4n) is 4.62. The minimum atomic E-state index is 0.638. The number of hydrogen-bond donors (Lipinski definition) is 0. The molecule has 96 valence electrons. The Hall–Kier alpha value is -0.715. The van der Waals surface area contributed by atoms with E-state index in [4.69, 9.17) is 0 Å². The number of benzene rings is 1. The summed E-state index contributed by atoms with van der Waals surface area (Å²) in [5, 5.41) is 0. The lowest BCUT2D eigenvalue weighted by molar-refractivity contribution is -0.0988. The average Bonchev–Trinajstić information content (AvgIpc) is 2.39. The zero-order valence-electron chi connectivity index (χ0n) is 12.0. The first-order valence-electron chi connectivity index (χ1n) is 7.64. The first-order valence-corrected chi connectivity index (χ1v) is 7.64. The van der Waals surface area contributed by atoms with Crippen molar-refractivity contribution in [2.45, 2.75) is 46.3 Å². The minimum Gasteiger partial charge on any atom is -0.0817 e. The Labute approximate surface area is 112 Å². The zero-order chi connectivity index (χ0) is 12.8. The molecular weight excluding hydrogens is 215 g/mol. The van der Waals surface area contributed by atoms with Crippen molar-refractivity contribution in [3.05, 3.63) is 30.3 Å². The van der Waals surface area contributed by atoms with Crippen molar-refractivity contribution in [3.63, 3.8) is 0 Å². The summed E-state index contributed by atoms with van der Waals surface area (Å²) in [4.78, 5) is 0. The van der Waals surface area contributed by atoms with E-state index in [1.807, 2.05) is 0 Å². The van der Waals surface area contributed by atoms with Gasteiger partial charge in [-0.05, 0) is 36.0 Å². The Bertz CT molecular complexity index is 407. The number of hydrogen-bond acceptors (Lipinski definition) is 0. The molecule has 3 saturated carbocycles. The molecule has 2 bridgehead atoms. The van der Waals surface area contributed by atoms with Gasteiger partial charge in [0.2, 0.25) is 0 Å². The van der Waals surface area contributed by atoms with Gasteiger partial charge in [0, 0.05) is 0 Å². The van der Waals surface area contributed by atoms with Crippen molar-refractivity contribution >= 4 is 12.2 Å². The second-order valence-electron chi connectivity index (χ2n) is 7.25. The van der Waals surface area contributed by atoms with Crippen LogP contribution in [-0.2, 0) is 0 Å². The maximum atomic E-state index is 2.51. The van der Waals surface area contributed by atoms with E-state index >= 15 is 0 Å². The van der Waals surface area contributed by atoms with Crippen molar-refractivity contribution in [2.75, 3.05) is 0 Å². The van der Waals surface area contributed by atoms with Gasteiger partial charge in [-0.25, -0.2) is 0 Å². The molecule has 3 aliphatic rings. The third-order valence-corrected chi connectivity index (χ3v) is 6.03. The molecule has 3 fully saturated rings. The van der Waals surface area contributed by atoms with Crippen LogP contribution in [0.4, 0.5) is 0 Å². The van der Waals surface area contributed by atoms with Crippen LogP contribution in [0.25, 0.3) is 0 Å². The Morgan fingerprint density at radius 3 is 2.50 bits per heavy atom. The topological polar surface area (TPSA) is 0 Å². The summed E-state index contributed by atoms with van der Waals surface area (Å²) in [5.74, 6) is 3.01. The maximum absolute atomic E-state index is 2.51. The van der Waals surface area contributed by atoms with Crippen molar-refractivity contribution in [1.29, 1.82) is 0 Å². The second-order valence-corrected chi connectivity index (χ2v) is 7.25. The van der Waals surface area contributed by atoms with E-state index in [-0.39, 0.29) is 0 Å². The number of rotatable bonds is 3. The van der Waals surface area contributed by atoms with Crippen molar-refractivity contribution in [3.8, 4) is 0 Å². The molecule has 0 amide bonds. The summed E-state index contributed by atoms with van der Waals surface area (Å²) in [7, 11) is 0. The van der Waals surface area contributed by atoms with Crippen molar-refractivity contribution in [1.82, 2.24) is 0 Å². The van der Waals surface area contributed by atoms with E-state index < -0.39 is 0 Å². The lowest BCUT2D eigenvalue weighted by atomic mass is 9.37. The molecule has 0 spiro atoms.